The number of carbonyl (C=O) groups is 2. The number of amides is 2. The number of likely N-dealkylation sites (tertiary alicyclic amines) is 1. The minimum absolute atomic E-state index is 0.0223. The molecule has 0 bridgehead atoms. The van der Waals surface area contributed by atoms with Crippen LogP contribution < -0.4 is 5.32 Å². The number of nitrogens with zero attached hydrogens (tertiary/aromatic N) is 2. The number of carbonyl (C=O) groups excluding carboxylic acids is 2. The zero-order valence-corrected chi connectivity index (χ0v) is 16.0. The summed E-state index contributed by atoms with van der Waals surface area (Å²) in [6.07, 6.45) is 4.50. The van der Waals surface area contributed by atoms with Crippen LogP contribution in [0.5, 0.6) is 0 Å². The van der Waals surface area contributed by atoms with E-state index in [1.807, 2.05) is 41.3 Å². The lowest BCUT2D eigenvalue weighted by molar-refractivity contribution is -0.135. The maximum atomic E-state index is 12.5. The number of aromatic nitrogens is 1. The first-order valence-electron chi connectivity index (χ1n) is 9.31. The molecule has 1 atom stereocenters. The third-order valence-corrected chi connectivity index (χ3v) is 5.07. The Morgan fingerprint density at radius 1 is 1.15 bits per heavy atom. The Labute approximate surface area is 164 Å². The first kappa shape index (κ1) is 19.4. The molecule has 2 heterocycles. The van der Waals surface area contributed by atoms with Gasteiger partial charge in [0.15, 0.2) is 0 Å². The van der Waals surface area contributed by atoms with Crippen molar-refractivity contribution in [2.45, 2.75) is 25.7 Å². The number of pyridine rings is 1. The Hall–Kier alpha value is -2.40. The number of benzene rings is 1. The molecule has 1 fully saturated rings. The highest BCUT2D eigenvalue weighted by atomic mass is 35.5. The molecule has 1 aromatic heterocycles. The standard InChI is InChI=1S/C21H24ClN3O2/c22-19-9-8-17(14-24-19)10-11-23-21(27)18-7-4-12-25(15-18)20(26)13-16-5-2-1-3-6-16/h1-3,5-6,8-9,14,18H,4,7,10-13,15H2,(H,23,27). The summed E-state index contributed by atoms with van der Waals surface area (Å²) in [6.45, 7) is 1.78. The molecule has 2 aromatic rings. The van der Waals surface area contributed by atoms with E-state index in [2.05, 4.69) is 10.3 Å². The summed E-state index contributed by atoms with van der Waals surface area (Å²) in [6, 6.07) is 13.4. The molecule has 0 radical (unpaired) electrons. The number of halogens is 1. The summed E-state index contributed by atoms with van der Waals surface area (Å²) in [5.74, 6) is -0.0260. The zero-order chi connectivity index (χ0) is 19.1. The van der Waals surface area contributed by atoms with Crippen molar-refractivity contribution < 1.29 is 9.59 Å². The molecular formula is C21H24ClN3O2. The first-order chi connectivity index (χ1) is 13.1. The smallest absolute Gasteiger partial charge is 0.227 e. The first-order valence-corrected chi connectivity index (χ1v) is 9.69. The highest BCUT2D eigenvalue weighted by molar-refractivity contribution is 6.29. The molecule has 0 aliphatic carbocycles. The lowest BCUT2D eigenvalue weighted by atomic mass is 9.96. The molecule has 5 nitrogen and oxygen atoms in total. The van der Waals surface area contributed by atoms with Crippen molar-refractivity contribution >= 4 is 23.4 Å². The van der Waals surface area contributed by atoms with Crippen molar-refractivity contribution in [3.05, 3.63) is 64.9 Å². The maximum Gasteiger partial charge on any atom is 0.227 e. The number of hydrogen-bond donors (Lipinski definition) is 1. The van der Waals surface area contributed by atoms with Crippen molar-refractivity contribution in [2.24, 2.45) is 5.92 Å². The summed E-state index contributed by atoms with van der Waals surface area (Å²) >= 11 is 5.77. The van der Waals surface area contributed by atoms with Crippen molar-refractivity contribution in [1.29, 1.82) is 0 Å². The van der Waals surface area contributed by atoms with Gasteiger partial charge in [-0.3, -0.25) is 9.59 Å². The molecule has 3 rings (SSSR count). The summed E-state index contributed by atoms with van der Waals surface area (Å²) < 4.78 is 0. The van der Waals surface area contributed by atoms with Crippen LogP contribution in [-0.2, 0) is 22.4 Å². The fourth-order valence-corrected chi connectivity index (χ4v) is 3.44. The van der Waals surface area contributed by atoms with Gasteiger partial charge in [0.05, 0.1) is 12.3 Å². The lowest BCUT2D eigenvalue weighted by Gasteiger charge is -2.32. The van der Waals surface area contributed by atoms with Gasteiger partial charge in [-0.1, -0.05) is 48.0 Å². The van der Waals surface area contributed by atoms with Crippen molar-refractivity contribution in [3.8, 4) is 0 Å². The van der Waals surface area contributed by atoms with Crippen LogP contribution >= 0.6 is 11.6 Å². The Balaban J connectivity index is 1.46. The molecule has 1 unspecified atom stereocenters. The normalized spacial score (nSPS) is 16.8. The largest absolute Gasteiger partial charge is 0.355 e. The molecule has 142 valence electrons. The van der Waals surface area contributed by atoms with Gasteiger partial charge >= 0.3 is 0 Å². The van der Waals surface area contributed by atoms with E-state index in [4.69, 9.17) is 11.6 Å². The Morgan fingerprint density at radius 3 is 2.70 bits per heavy atom. The van der Waals surface area contributed by atoms with E-state index in [-0.39, 0.29) is 17.7 Å². The summed E-state index contributed by atoms with van der Waals surface area (Å²) in [7, 11) is 0. The van der Waals surface area contributed by atoms with Crippen LogP contribution in [0.1, 0.15) is 24.0 Å². The van der Waals surface area contributed by atoms with Gasteiger partial charge in [-0.05, 0) is 36.5 Å². The van der Waals surface area contributed by atoms with Gasteiger partial charge in [0.25, 0.3) is 0 Å². The van der Waals surface area contributed by atoms with E-state index < -0.39 is 0 Å². The highest BCUT2D eigenvalue weighted by Gasteiger charge is 2.28. The lowest BCUT2D eigenvalue weighted by Crippen LogP contribution is -2.46. The molecule has 1 aromatic carbocycles. The molecule has 0 spiro atoms. The SMILES string of the molecule is O=C(NCCc1ccc(Cl)nc1)C1CCCN(C(=O)Cc2ccccc2)C1. The fraction of sp³-hybridized carbons (Fsp3) is 0.381. The summed E-state index contributed by atoms with van der Waals surface area (Å²) in [5, 5.41) is 3.45. The van der Waals surface area contributed by atoms with Gasteiger partial charge in [-0.2, -0.15) is 0 Å². The van der Waals surface area contributed by atoms with E-state index in [0.29, 0.717) is 31.1 Å². The molecular weight excluding hydrogens is 362 g/mol. The predicted octanol–water partition coefficient (Wildman–Crippen LogP) is 2.88. The van der Waals surface area contributed by atoms with Crippen LogP contribution in [0.15, 0.2) is 48.7 Å². The molecule has 1 aliphatic heterocycles. The Kier molecular flexibility index (Phi) is 6.82. The quantitative estimate of drug-likeness (QED) is 0.778. The van der Waals surface area contributed by atoms with Gasteiger partial charge in [0, 0.05) is 25.8 Å². The van der Waals surface area contributed by atoms with Crippen LogP contribution in [0.4, 0.5) is 0 Å². The van der Waals surface area contributed by atoms with Gasteiger partial charge in [-0.15, -0.1) is 0 Å². The average Bonchev–Trinajstić information content (AvgIpc) is 2.70. The Morgan fingerprint density at radius 2 is 1.96 bits per heavy atom. The van der Waals surface area contributed by atoms with Crippen LogP contribution in [0, 0.1) is 5.92 Å². The predicted molar refractivity (Wildman–Crippen MR) is 105 cm³/mol. The molecule has 0 saturated carbocycles. The summed E-state index contributed by atoms with van der Waals surface area (Å²) in [5.41, 5.74) is 2.04. The van der Waals surface area contributed by atoms with Gasteiger partial charge in [0.1, 0.15) is 5.15 Å². The third-order valence-electron chi connectivity index (χ3n) is 4.84. The minimum atomic E-state index is -0.137. The number of hydrogen-bond acceptors (Lipinski definition) is 3. The number of piperidine rings is 1. The van der Waals surface area contributed by atoms with Crippen LogP contribution in [0.3, 0.4) is 0 Å². The van der Waals surface area contributed by atoms with E-state index >= 15 is 0 Å². The fourth-order valence-electron chi connectivity index (χ4n) is 3.33. The third kappa shape index (κ3) is 5.79. The molecule has 6 heteroatoms. The van der Waals surface area contributed by atoms with E-state index in [1.165, 1.54) is 0 Å². The van der Waals surface area contributed by atoms with Crippen molar-refractivity contribution in [1.82, 2.24) is 15.2 Å². The average molecular weight is 386 g/mol. The molecule has 1 N–H and O–H groups in total. The highest BCUT2D eigenvalue weighted by Crippen LogP contribution is 2.18. The zero-order valence-electron chi connectivity index (χ0n) is 15.2. The van der Waals surface area contributed by atoms with Gasteiger partial charge in [-0.25, -0.2) is 4.98 Å². The Bertz CT molecular complexity index is 765. The summed E-state index contributed by atoms with van der Waals surface area (Å²) in [4.78, 5) is 30.9. The number of rotatable bonds is 6. The van der Waals surface area contributed by atoms with Crippen molar-refractivity contribution in [3.63, 3.8) is 0 Å². The van der Waals surface area contributed by atoms with Gasteiger partial charge in [0.2, 0.25) is 11.8 Å². The van der Waals surface area contributed by atoms with Crippen LogP contribution in [0.2, 0.25) is 5.15 Å². The van der Waals surface area contributed by atoms with E-state index in [9.17, 15) is 9.59 Å². The second kappa shape index (κ2) is 9.51. The molecule has 2 amide bonds. The van der Waals surface area contributed by atoms with Crippen LogP contribution in [0.25, 0.3) is 0 Å². The van der Waals surface area contributed by atoms with Gasteiger partial charge < -0.3 is 10.2 Å². The monoisotopic (exact) mass is 385 g/mol. The van der Waals surface area contributed by atoms with Crippen LogP contribution in [-0.4, -0.2) is 41.3 Å². The minimum Gasteiger partial charge on any atom is -0.355 e. The van der Waals surface area contributed by atoms with Crippen molar-refractivity contribution in [2.75, 3.05) is 19.6 Å². The maximum absolute atomic E-state index is 12.5. The second-order valence-corrected chi connectivity index (χ2v) is 7.26. The molecule has 1 saturated heterocycles. The van der Waals surface area contributed by atoms with E-state index in [1.54, 1.807) is 12.3 Å². The molecule has 27 heavy (non-hydrogen) atoms. The topological polar surface area (TPSA) is 62.3 Å². The second-order valence-electron chi connectivity index (χ2n) is 6.87. The number of nitrogens with one attached hydrogen (secondary N) is 1. The van der Waals surface area contributed by atoms with E-state index in [0.717, 1.165) is 30.5 Å². The molecule has 1 aliphatic rings.